The molecular weight excluding hydrogens is 400 g/mol. The Kier molecular flexibility index (Phi) is 4.46. The second kappa shape index (κ2) is 7.27. The van der Waals surface area contributed by atoms with Crippen LogP contribution in [0.25, 0.3) is 32.3 Å². The predicted molar refractivity (Wildman–Crippen MR) is 120 cm³/mol. The van der Waals surface area contributed by atoms with E-state index in [2.05, 4.69) is 20.3 Å². The fourth-order valence-corrected chi connectivity index (χ4v) is 4.93. The molecular formula is C22H16N4OS2. The zero-order valence-corrected chi connectivity index (χ0v) is 17.1. The summed E-state index contributed by atoms with van der Waals surface area (Å²) in [4.78, 5) is 27.3. The Morgan fingerprint density at radius 2 is 1.83 bits per heavy atom. The normalized spacial score (nSPS) is 11.1. The standard InChI is InChI=1S/C22H16N4OS2/c1-13-19(29-22(23-13)18-11-6-12-28-18)21(27)26-15-8-3-2-7-14(15)20-24-16-9-4-5-10-17(16)25-20/h2-12H,1H3,(H,24,25)(H,26,27). The highest BCUT2D eigenvalue weighted by molar-refractivity contribution is 7.22. The third-order valence-electron chi connectivity index (χ3n) is 4.55. The average Bonchev–Trinajstić information content (AvgIpc) is 3.47. The summed E-state index contributed by atoms with van der Waals surface area (Å²) in [6.45, 7) is 1.87. The number of hydrogen-bond donors (Lipinski definition) is 2. The van der Waals surface area contributed by atoms with Gasteiger partial charge >= 0.3 is 0 Å². The molecule has 0 atom stereocenters. The topological polar surface area (TPSA) is 70.7 Å². The van der Waals surface area contributed by atoms with Crippen LogP contribution in [0, 0.1) is 6.92 Å². The summed E-state index contributed by atoms with van der Waals surface area (Å²) in [5.41, 5.74) is 4.14. The molecule has 0 aliphatic carbocycles. The molecule has 5 nitrogen and oxygen atoms in total. The van der Waals surface area contributed by atoms with Crippen molar-refractivity contribution in [2.24, 2.45) is 0 Å². The van der Waals surface area contributed by atoms with Crippen molar-refractivity contribution < 1.29 is 4.79 Å². The molecule has 0 unspecified atom stereocenters. The number of carbonyl (C=O) groups is 1. The van der Waals surface area contributed by atoms with Crippen molar-refractivity contribution in [1.82, 2.24) is 15.0 Å². The van der Waals surface area contributed by atoms with Crippen LogP contribution in [-0.4, -0.2) is 20.9 Å². The Hall–Kier alpha value is -3.29. The molecule has 2 N–H and O–H groups in total. The molecule has 3 aromatic heterocycles. The highest BCUT2D eigenvalue weighted by Crippen LogP contribution is 2.33. The molecule has 5 rings (SSSR count). The Morgan fingerprint density at radius 1 is 1.00 bits per heavy atom. The first kappa shape index (κ1) is 17.8. The van der Waals surface area contributed by atoms with Crippen LogP contribution < -0.4 is 5.32 Å². The second-order valence-corrected chi connectivity index (χ2v) is 8.46. The number of fused-ring (bicyclic) bond motifs is 1. The van der Waals surface area contributed by atoms with Crippen molar-refractivity contribution in [2.75, 3.05) is 5.32 Å². The van der Waals surface area contributed by atoms with Gasteiger partial charge in [0.15, 0.2) is 0 Å². The van der Waals surface area contributed by atoms with Crippen molar-refractivity contribution in [3.8, 4) is 21.3 Å². The number of imidazole rings is 1. The number of aromatic amines is 1. The largest absolute Gasteiger partial charge is 0.338 e. The lowest BCUT2D eigenvalue weighted by molar-refractivity contribution is 0.103. The lowest BCUT2D eigenvalue weighted by Crippen LogP contribution is -2.12. The van der Waals surface area contributed by atoms with Gasteiger partial charge in [0.05, 0.1) is 27.3 Å². The van der Waals surface area contributed by atoms with E-state index >= 15 is 0 Å². The maximum absolute atomic E-state index is 13.0. The van der Waals surface area contributed by atoms with Crippen LogP contribution in [0.4, 0.5) is 5.69 Å². The first-order valence-corrected chi connectivity index (χ1v) is 10.8. The minimum absolute atomic E-state index is 0.161. The number of anilines is 1. The summed E-state index contributed by atoms with van der Waals surface area (Å²) < 4.78 is 0. The maximum Gasteiger partial charge on any atom is 0.267 e. The summed E-state index contributed by atoms with van der Waals surface area (Å²) in [6, 6.07) is 19.5. The molecule has 1 amide bonds. The number of nitrogens with zero attached hydrogens (tertiary/aromatic N) is 2. The van der Waals surface area contributed by atoms with Crippen LogP contribution in [0.15, 0.2) is 66.0 Å². The fraction of sp³-hybridized carbons (Fsp3) is 0.0455. The van der Waals surface area contributed by atoms with E-state index < -0.39 is 0 Å². The first-order chi connectivity index (χ1) is 14.2. The van der Waals surface area contributed by atoms with Gasteiger partial charge < -0.3 is 10.3 Å². The molecule has 29 heavy (non-hydrogen) atoms. The van der Waals surface area contributed by atoms with Crippen molar-refractivity contribution >= 4 is 45.3 Å². The quantitative estimate of drug-likeness (QED) is 0.379. The monoisotopic (exact) mass is 416 g/mol. The van der Waals surface area contributed by atoms with Gasteiger partial charge in [-0.25, -0.2) is 9.97 Å². The zero-order chi connectivity index (χ0) is 19.8. The second-order valence-electron chi connectivity index (χ2n) is 6.51. The highest BCUT2D eigenvalue weighted by atomic mass is 32.1. The summed E-state index contributed by atoms with van der Waals surface area (Å²) in [6.07, 6.45) is 0. The number of rotatable bonds is 4. The number of thiazole rings is 1. The number of benzene rings is 2. The van der Waals surface area contributed by atoms with Gasteiger partial charge in [0.25, 0.3) is 5.91 Å². The number of aromatic nitrogens is 3. The maximum atomic E-state index is 13.0. The zero-order valence-electron chi connectivity index (χ0n) is 15.5. The van der Waals surface area contributed by atoms with E-state index in [1.807, 2.05) is 73.0 Å². The first-order valence-electron chi connectivity index (χ1n) is 9.06. The van der Waals surface area contributed by atoms with E-state index in [0.717, 1.165) is 38.0 Å². The van der Waals surface area contributed by atoms with Crippen LogP contribution in [0.2, 0.25) is 0 Å². The molecule has 0 radical (unpaired) electrons. The third kappa shape index (κ3) is 3.35. The van der Waals surface area contributed by atoms with E-state index in [4.69, 9.17) is 0 Å². The molecule has 142 valence electrons. The molecule has 0 fully saturated rings. The van der Waals surface area contributed by atoms with Crippen LogP contribution in [0.3, 0.4) is 0 Å². The lowest BCUT2D eigenvalue weighted by Gasteiger charge is -2.08. The summed E-state index contributed by atoms with van der Waals surface area (Å²) >= 11 is 3.03. The van der Waals surface area contributed by atoms with Gasteiger partial charge in [-0.2, -0.15) is 0 Å². The molecule has 0 saturated heterocycles. The Labute approximate surface area is 175 Å². The number of carbonyl (C=O) groups excluding carboxylic acids is 1. The molecule has 7 heteroatoms. The van der Waals surface area contributed by atoms with E-state index in [1.165, 1.54) is 11.3 Å². The van der Waals surface area contributed by atoms with Crippen LogP contribution in [0.5, 0.6) is 0 Å². The van der Waals surface area contributed by atoms with E-state index in [9.17, 15) is 4.79 Å². The number of thiophene rings is 1. The van der Waals surface area contributed by atoms with Gasteiger partial charge in [0, 0.05) is 5.56 Å². The molecule has 2 aromatic carbocycles. The minimum Gasteiger partial charge on any atom is -0.338 e. The van der Waals surface area contributed by atoms with Gasteiger partial charge in [0.2, 0.25) is 0 Å². The van der Waals surface area contributed by atoms with Crippen LogP contribution in [0.1, 0.15) is 15.4 Å². The van der Waals surface area contributed by atoms with Crippen molar-refractivity contribution in [3.05, 3.63) is 76.6 Å². The fourth-order valence-electron chi connectivity index (χ4n) is 3.17. The Morgan fingerprint density at radius 3 is 2.66 bits per heavy atom. The molecule has 3 heterocycles. The molecule has 5 aromatic rings. The number of H-pyrrole nitrogens is 1. The number of para-hydroxylation sites is 3. The SMILES string of the molecule is Cc1nc(-c2cccs2)sc1C(=O)Nc1ccccc1-c1nc2ccccc2[nH]1. The van der Waals surface area contributed by atoms with Crippen molar-refractivity contribution in [1.29, 1.82) is 0 Å². The highest BCUT2D eigenvalue weighted by Gasteiger charge is 2.19. The Balaban J connectivity index is 1.48. The van der Waals surface area contributed by atoms with Crippen molar-refractivity contribution in [3.63, 3.8) is 0 Å². The molecule has 0 aliphatic rings. The van der Waals surface area contributed by atoms with Gasteiger partial charge in [-0.3, -0.25) is 4.79 Å². The number of hydrogen-bond acceptors (Lipinski definition) is 5. The van der Waals surface area contributed by atoms with Gasteiger partial charge in [-0.1, -0.05) is 30.3 Å². The minimum atomic E-state index is -0.161. The average molecular weight is 417 g/mol. The smallest absolute Gasteiger partial charge is 0.267 e. The molecule has 0 saturated carbocycles. The van der Waals surface area contributed by atoms with Gasteiger partial charge in [-0.15, -0.1) is 22.7 Å². The predicted octanol–water partition coefficient (Wildman–Crippen LogP) is 5.98. The van der Waals surface area contributed by atoms with E-state index in [-0.39, 0.29) is 5.91 Å². The van der Waals surface area contributed by atoms with Crippen LogP contribution >= 0.6 is 22.7 Å². The molecule has 0 spiro atoms. The van der Waals surface area contributed by atoms with E-state index in [0.29, 0.717) is 10.6 Å². The summed E-state index contributed by atoms with van der Waals surface area (Å²) in [5.74, 6) is 0.564. The third-order valence-corrected chi connectivity index (χ3v) is 6.75. The van der Waals surface area contributed by atoms with Crippen molar-refractivity contribution in [2.45, 2.75) is 6.92 Å². The van der Waals surface area contributed by atoms with Crippen LogP contribution in [-0.2, 0) is 0 Å². The number of amides is 1. The number of nitrogens with one attached hydrogen (secondary N) is 2. The molecule has 0 aliphatic heterocycles. The lowest BCUT2D eigenvalue weighted by atomic mass is 10.1. The number of aryl methyl sites for hydroxylation is 1. The summed E-state index contributed by atoms with van der Waals surface area (Å²) in [5, 5.41) is 5.92. The Bertz CT molecular complexity index is 1280. The molecule has 0 bridgehead atoms. The van der Waals surface area contributed by atoms with Gasteiger partial charge in [-0.05, 0) is 42.6 Å². The van der Waals surface area contributed by atoms with E-state index in [1.54, 1.807) is 11.3 Å². The van der Waals surface area contributed by atoms with Gasteiger partial charge in [0.1, 0.15) is 15.7 Å². The summed E-state index contributed by atoms with van der Waals surface area (Å²) in [7, 11) is 0.